The van der Waals surface area contributed by atoms with Crippen molar-refractivity contribution in [3.8, 4) is 0 Å². The van der Waals surface area contributed by atoms with E-state index in [0.29, 0.717) is 12.1 Å². The van der Waals surface area contributed by atoms with Crippen LogP contribution >= 0.6 is 0 Å². The van der Waals surface area contributed by atoms with Crippen LogP contribution in [0.4, 0.5) is 0 Å². The minimum Gasteiger partial charge on any atom is -0.339 e. The molecule has 2 aromatic carbocycles. The van der Waals surface area contributed by atoms with Crippen LogP contribution in [0.3, 0.4) is 0 Å². The van der Waals surface area contributed by atoms with E-state index in [1.54, 1.807) is 17.0 Å². The Morgan fingerprint density at radius 2 is 1.73 bits per heavy atom. The van der Waals surface area contributed by atoms with E-state index in [1.807, 2.05) is 30.3 Å². The average Bonchev–Trinajstić information content (AvgIpc) is 3.20. The molecule has 0 bridgehead atoms. The number of carbonyl (C=O) groups excluding carboxylic acids is 1. The van der Waals surface area contributed by atoms with Crippen molar-refractivity contribution in [2.45, 2.75) is 30.6 Å². The molecule has 6 heteroatoms. The summed E-state index contributed by atoms with van der Waals surface area (Å²) in [4.78, 5) is 14.4. The molecule has 1 aliphatic rings. The van der Waals surface area contributed by atoms with Crippen LogP contribution in [-0.4, -0.2) is 38.9 Å². The van der Waals surface area contributed by atoms with Gasteiger partial charge >= 0.3 is 0 Å². The lowest BCUT2D eigenvalue weighted by Gasteiger charge is -2.15. The Bertz CT molecular complexity index is 844. The molecule has 5 nitrogen and oxygen atoms in total. The average molecular weight is 372 g/mol. The fourth-order valence-corrected chi connectivity index (χ4v) is 4.25. The Morgan fingerprint density at radius 3 is 2.46 bits per heavy atom. The van der Waals surface area contributed by atoms with Gasteiger partial charge in [-0.15, -0.1) is 0 Å². The van der Waals surface area contributed by atoms with Gasteiger partial charge in [0.25, 0.3) is 5.91 Å². The third-order valence-corrected chi connectivity index (χ3v) is 6.02. The summed E-state index contributed by atoms with van der Waals surface area (Å²) in [5.41, 5.74) is 1.61. The van der Waals surface area contributed by atoms with E-state index in [0.717, 1.165) is 38.8 Å². The molecule has 1 amide bonds. The molecule has 1 fully saturated rings. The van der Waals surface area contributed by atoms with E-state index in [-0.39, 0.29) is 10.8 Å². The van der Waals surface area contributed by atoms with Crippen LogP contribution in [0, 0.1) is 0 Å². The number of aryl methyl sites for hydroxylation is 1. The fourth-order valence-electron chi connectivity index (χ4n) is 3.13. The first-order valence-corrected chi connectivity index (χ1v) is 10.5. The monoisotopic (exact) mass is 372 g/mol. The Morgan fingerprint density at radius 1 is 1.00 bits per heavy atom. The van der Waals surface area contributed by atoms with Crippen LogP contribution < -0.4 is 4.72 Å². The zero-order chi connectivity index (χ0) is 18.4. The Balaban J connectivity index is 1.59. The molecule has 0 atom stereocenters. The molecule has 138 valence electrons. The van der Waals surface area contributed by atoms with Crippen molar-refractivity contribution < 1.29 is 13.2 Å². The Kier molecular flexibility index (Phi) is 6.06. The second-order valence-electron chi connectivity index (χ2n) is 6.51. The van der Waals surface area contributed by atoms with Crippen molar-refractivity contribution in [3.05, 3.63) is 65.7 Å². The third kappa shape index (κ3) is 4.71. The predicted octanol–water partition coefficient (Wildman–Crippen LogP) is 2.83. The van der Waals surface area contributed by atoms with Gasteiger partial charge in [0.1, 0.15) is 0 Å². The van der Waals surface area contributed by atoms with Crippen molar-refractivity contribution >= 4 is 15.9 Å². The SMILES string of the molecule is O=C(c1cccc(S(=O)(=O)NCCCc2ccccc2)c1)N1CCCC1. The summed E-state index contributed by atoms with van der Waals surface area (Å²) in [7, 11) is -3.61. The summed E-state index contributed by atoms with van der Waals surface area (Å²) in [6, 6.07) is 16.3. The molecular formula is C20H24N2O3S. The molecule has 2 aromatic rings. The second-order valence-corrected chi connectivity index (χ2v) is 8.28. The number of amides is 1. The lowest BCUT2D eigenvalue weighted by molar-refractivity contribution is 0.0792. The fraction of sp³-hybridized carbons (Fsp3) is 0.350. The standard InChI is InChI=1S/C20H24N2O3S/c23-20(22-14-4-5-15-22)18-11-6-12-19(16-18)26(24,25)21-13-7-10-17-8-2-1-3-9-17/h1-3,6,8-9,11-12,16,21H,4-5,7,10,13-15H2. The van der Waals surface area contributed by atoms with Crippen LogP contribution in [0.5, 0.6) is 0 Å². The number of carbonyl (C=O) groups is 1. The summed E-state index contributed by atoms with van der Waals surface area (Å²) < 4.78 is 27.6. The van der Waals surface area contributed by atoms with Crippen molar-refractivity contribution in [1.29, 1.82) is 0 Å². The zero-order valence-electron chi connectivity index (χ0n) is 14.7. The van der Waals surface area contributed by atoms with Crippen molar-refractivity contribution in [3.63, 3.8) is 0 Å². The normalized spacial score (nSPS) is 14.5. The topological polar surface area (TPSA) is 66.5 Å². The van der Waals surface area contributed by atoms with Crippen LogP contribution in [-0.2, 0) is 16.4 Å². The molecule has 0 saturated carbocycles. The maximum Gasteiger partial charge on any atom is 0.253 e. The first kappa shape index (κ1) is 18.6. The molecular weight excluding hydrogens is 348 g/mol. The smallest absolute Gasteiger partial charge is 0.253 e. The number of nitrogens with zero attached hydrogens (tertiary/aromatic N) is 1. The van der Waals surface area contributed by atoms with E-state index < -0.39 is 10.0 Å². The second kappa shape index (κ2) is 8.47. The van der Waals surface area contributed by atoms with Gasteiger partial charge in [0.15, 0.2) is 0 Å². The summed E-state index contributed by atoms with van der Waals surface area (Å²) in [5, 5.41) is 0. The highest BCUT2D eigenvalue weighted by Crippen LogP contribution is 2.16. The molecule has 1 saturated heterocycles. The van der Waals surface area contributed by atoms with E-state index in [1.165, 1.54) is 17.7 Å². The maximum atomic E-state index is 12.5. The highest BCUT2D eigenvalue weighted by atomic mass is 32.2. The molecule has 0 radical (unpaired) electrons. The van der Waals surface area contributed by atoms with Gasteiger partial charge in [-0.05, 0) is 49.4 Å². The minimum atomic E-state index is -3.61. The third-order valence-electron chi connectivity index (χ3n) is 4.56. The number of sulfonamides is 1. The number of likely N-dealkylation sites (tertiary alicyclic amines) is 1. The summed E-state index contributed by atoms with van der Waals surface area (Å²) in [5.74, 6) is -0.0939. The minimum absolute atomic E-state index is 0.0939. The lowest BCUT2D eigenvalue weighted by atomic mass is 10.1. The van der Waals surface area contributed by atoms with Crippen molar-refractivity contribution in [2.24, 2.45) is 0 Å². The van der Waals surface area contributed by atoms with Crippen LogP contribution in [0.2, 0.25) is 0 Å². The summed E-state index contributed by atoms with van der Waals surface area (Å²) in [6.45, 7) is 1.85. The van der Waals surface area contributed by atoms with Crippen LogP contribution in [0.1, 0.15) is 35.2 Å². The number of hydrogen-bond donors (Lipinski definition) is 1. The summed E-state index contributed by atoms with van der Waals surface area (Å²) >= 11 is 0. The maximum absolute atomic E-state index is 12.5. The molecule has 0 unspecified atom stereocenters. The van der Waals surface area contributed by atoms with Gasteiger partial charge in [-0.1, -0.05) is 36.4 Å². The van der Waals surface area contributed by atoms with E-state index >= 15 is 0 Å². The number of hydrogen-bond acceptors (Lipinski definition) is 3. The van der Waals surface area contributed by atoms with Gasteiger partial charge in [-0.2, -0.15) is 0 Å². The molecule has 1 N–H and O–H groups in total. The molecule has 1 heterocycles. The van der Waals surface area contributed by atoms with Crippen LogP contribution in [0.15, 0.2) is 59.5 Å². The van der Waals surface area contributed by atoms with E-state index in [4.69, 9.17) is 0 Å². The Hall–Kier alpha value is -2.18. The van der Waals surface area contributed by atoms with Crippen molar-refractivity contribution in [1.82, 2.24) is 9.62 Å². The Labute approximate surface area is 155 Å². The lowest BCUT2D eigenvalue weighted by Crippen LogP contribution is -2.28. The highest BCUT2D eigenvalue weighted by molar-refractivity contribution is 7.89. The molecule has 26 heavy (non-hydrogen) atoms. The molecule has 0 aliphatic carbocycles. The first-order valence-electron chi connectivity index (χ1n) is 8.99. The van der Waals surface area contributed by atoms with E-state index in [9.17, 15) is 13.2 Å². The highest BCUT2D eigenvalue weighted by Gasteiger charge is 2.21. The van der Waals surface area contributed by atoms with Gasteiger partial charge in [0, 0.05) is 25.2 Å². The summed E-state index contributed by atoms with van der Waals surface area (Å²) in [6.07, 6.45) is 3.55. The van der Waals surface area contributed by atoms with Gasteiger partial charge in [0.2, 0.25) is 10.0 Å². The molecule has 1 aliphatic heterocycles. The largest absolute Gasteiger partial charge is 0.339 e. The number of benzene rings is 2. The number of rotatable bonds is 7. The quantitative estimate of drug-likeness (QED) is 0.760. The molecule has 3 rings (SSSR count). The van der Waals surface area contributed by atoms with Gasteiger partial charge in [-0.3, -0.25) is 4.79 Å². The first-order chi connectivity index (χ1) is 12.6. The van der Waals surface area contributed by atoms with Crippen LogP contribution in [0.25, 0.3) is 0 Å². The van der Waals surface area contributed by atoms with Gasteiger partial charge in [0.05, 0.1) is 4.90 Å². The van der Waals surface area contributed by atoms with Gasteiger partial charge < -0.3 is 4.90 Å². The number of nitrogens with one attached hydrogen (secondary N) is 1. The molecule has 0 spiro atoms. The van der Waals surface area contributed by atoms with E-state index in [2.05, 4.69) is 4.72 Å². The molecule has 0 aromatic heterocycles. The van der Waals surface area contributed by atoms with Gasteiger partial charge in [-0.25, -0.2) is 13.1 Å². The zero-order valence-corrected chi connectivity index (χ0v) is 15.5. The van der Waals surface area contributed by atoms with Crippen molar-refractivity contribution in [2.75, 3.05) is 19.6 Å². The predicted molar refractivity (Wildman–Crippen MR) is 102 cm³/mol.